The summed E-state index contributed by atoms with van der Waals surface area (Å²) in [5.74, 6) is 0.375. The van der Waals surface area contributed by atoms with Crippen LogP contribution in [0.5, 0.6) is 0 Å². The van der Waals surface area contributed by atoms with Gasteiger partial charge in [-0.2, -0.15) is 5.26 Å². The van der Waals surface area contributed by atoms with Crippen LogP contribution in [-0.4, -0.2) is 43.3 Å². The molecule has 5 heteroatoms. The van der Waals surface area contributed by atoms with Crippen molar-refractivity contribution in [1.29, 1.82) is 5.26 Å². The quantitative estimate of drug-likeness (QED) is 0.712. The highest BCUT2D eigenvalue weighted by Gasteiger charge is 2.33. The molecular formula is C10H15N3O2. The Morgan fingerprint density at radius 3 is 2.67 bits per heavy atom. The van der Waals surface area contributed by atoms with Crippen LogP contribution in [-0.2, 0) is 4.74 Å². The number of nitrogens with zero attached hydrogens (tertiary/aromatic N) is 2. The van der Waals surface area contributed by atoms with E-state index in [2.05, 4.69) is 11.4 Å². The van der Waals surface area contributed by atoms with Gasteiger partial charge in [-0.15, -0.1) is 0 Å². The molecule has 1 atom stereocenters. The number of ether oxygens (including phenoxy) is 1. The van der Waals surface area contributed by atoms with Crippen molar-refractivity contribution < 1.29 is 9.53 Å². The summed E-state index contributed by atoms with van der Waals surface area (Å²) in [6.45, 7) is 2.42. The van der Waals surface area contributed by atoms with E-state index in [1.807, 2.05) is 0 Å². The van der Waals surface area contributed by atoms with Crippen LogP contribution in [0.3, 0.4) is 0 Å². The van der Waals surface area contributed by atoms with E-state index in [1.165, 1.54) is 0 Å². The molecule has 1 aliphatic heterocycles. The third kappa shape index (κ3) is 2.60. The number of nitriles is 1. The molecule has 1 unspecified atom stereocenters. The summed E-state index contributed by atoms with van der Waals surface area (Å²) >= 11 is 0. The van der Waals surface area contributed by atoms with Crippen molar-refractivity contribution in [2.75, 3.05) is 26.3 Å². The molecule has 2 amide bonds. The zero-order chi connectivity index (χ0) is 10.7. The summed E-state index contributed by atoms with van der Waals surface area (Å²) in [6.07, 6.45) is 2.11. The minimum atomic E-state index is -0.305. The molecule has 0 aromatic heterocycles. The van der Waals surface area contributed by atoms with Gasteiger partial charge in [-0.3, -0.25) is 0 Å². The second kappa shape index (κ2) is 4.49. The molecule has 1 N–H and O–H groups in total. The monoisotopic (exact) mass is 209 g/mol. The Morgan fingerprint density at radius 2 is 2.13 bits per heavy atom. The zero-order valence-electron chi connectivity index (χ0n) is 8.61. The smallest absolute Gasteiger partial charge is 0.318 e. The average molecular weight is 209 g/mol. The average Bonchev–Trinajstić information content (AvgIpc) is 3.10. The van der Waals surface area contributed by atoms with Gasteiger partial charge >= 0.3 is 6.03 Å². The lowest BCUT2D eigenvalue weighted by Crippen LogP contribution is -2.49. The van der Waals surface area contributed by atoms with Crippen molar-refractivity contribution >= 4 is 6.03 Å². The number of carbonyl (C=O) groups is 1. The number of nitrogens with one attached hydrogen (secondary N) is 1. The number of morpholine rings is 1. The first-order valence-electron chi connectivity index (χ1n) is 5.34. The highest BCUT2D eigenvalue weighted by molar-refractivity contribution is 5.75. The van der Waals surface area contributed by atoms with Gasteiger partial charge in [0.15, 0.2) is 0 Å². The molecule has 1 saturated heterocycles. The Kier molecular flexibility index (Phi) is 3.07. The minimum absolute atomic E-state index is 0.128. The predicted molar refractivity (Wildman–Crippen MR) is 53.0 cm³/mol. The molecular weight excluding hydrogens is 194 g/mol. The van der Waals surface area contributed by atoms with E-state index >= 15 is 0 Å². The first-order valence-corrected chi connectivity index (χ1v) is 5.34. The van der Waals surface area contributed by atoms with Crippen LogP contribution in [0.2, 0.25) is 0 Å². The molecule has 0 aromatic rings. The molecule has 0 radical (unpaired) electrons. The Balaban J connectivity index is 1.82. The van der Waals surface area contributed by atoms with Gasteiger partial charge in [0.05, 0.1) is 19.3 Å². The van der Waals surface area contributed by atoms with E-state index in [-0.39, 0.29) is 12.1 Å². The number of amides is 2. The van der Waals surface area contributed by atoms with Crippen molar-refractivity contribution in [3.05, 3.63) is 0 Å². The van der Waals surface area contributed by atoms with Crippen molar-refractivity contribution in [3.8, 4) is 6.07 Å². The van der Waals surface area contributed by atoms with E-state index in [0.717, 1.165) is 12.8 Å². The topological polar surface area (TPSA) is 65.4 Å². The second-order valence-electron chi connectivity index (χ2n) is 3.99. The van der Waals surface area contributed by atoms with Crippen molar-refractivity contribution in [3.63, 3.8) is 0 Å². The number of carbonyl (C=O) groups excluding carboxylic acids is 1. The van der Waals surface area contributed by atoms with Crippen LogP contribution in [0.4, 0.5) is 4.79 Å². The van der Waals surface area contributed by atoms with Crippen LogP contribution in [0.15, 0.2) is 0 Å². The fourth-order valence-corrected chi connectivity index (χ4v) is 1.68. The maximum absolute atomic E-state index is 11.7. The lowest BCUT2D eigenvalue weighted by molar-refractivity contribution is 0.0527. The van der Waals surface area contributed by atoms with Gasteiger partial charge in [0.1, 0.15) is 6.04 Å². The summed E-state index contributed by atoms with van der Waals surface area (Å²) in [4.78, 5) is 13.4. The van der Waals surface area contributed by atoms with Crippen molar-refractivity contribution in [1.82, 2.24) is 10.2 Å². The molecule has 1 heterocycles. The lowest BCUT2D eigenvalue weighted by atomic mass is 10.2. The molecule has 2 rings (SSSR count). The molecule has 15 heavy (non-hydrogen) atoms. The number of hydrogen-bond donors (Lipinski definition) is 1. The summed E-state index contributed by atoms with van der Waals surface area (Å²) in [6, 6.07) is 1.71. The molecule has 1 aliphatic carbocycles. The van der Waals surface area contributed by atoms with E-state index in [4.69, 9.17) is 10.00 Å². The number of hydrogen-bond acceptors (Lipinski definition) is 3. The van der Waals surface area contributed by atoms with Crippen LogP contribution in [0, 0.1) is 17.2 Å². The SMILES string of the molecule is N#CC(NC(=O)N1CCOCC1)C1CC1. The van der Waals surface area contributed by atoms with E-state index < -0.39 is 0 Å². The summed E-state index contributed by atoms with van der Waals surface area (Å²) in [7, 11) is 0. The molecule has 2 aliphatic rings. The Labute approximate surface area is 89.0 Å². The van der Waals surface area contributed by atoms with E-state index in [0.29, 0.717) is 32.2 Å². The summed E-state index contributed by atoms with van der Waals surface area (Å²) in [5.41, 5.74) is 0. The Bertz CT molecular complexity index is 277. The normalized spacial score (nSPS) is 23.0. The first kappa shape index (κ1) is 10.2. The largest absolute Gasteiger partial charge is 0.378 e. The molecule has 5 nitrogen and oxygen atoms in total. The van der Waals surface area contributed by atoms with Gasteiger partial charge < -0.3 is 15.0 Å². The molecule has 0 bridgehead atoms. The van der Waals surface area contributed by atoms with Crippen LogP contribution in [0.25, 0.3) is 0 Å². The molecule has 2 fully saturated rings. The number of urea groups is 1. The van der Waals surface area contributed by atoms with Gasteiger partial charge in [0.2, 0.25) is 0 Å². The molecule has 0 spiro atoms. The number of rotatable bonds is 2. The molecule has 82 valence electrons. The van der Waals surface area contributed by atoms with E-state index in [9.17, 15) is 4.79 Å². The standard InChI is InChI=1S/C10H15N3O2/c11-7-9(8-1-2-8)12-10(14)13-3-5-15-6-4-13/h8-9H,1-6H2,(H,12,14). The van der Waals surface area contributed by atoms with E-state index in [1.54, 1.807) is 4.90 Å². The Morgan fingerprint density at radius 1 is 1.47 bits per heavy atom. The van der Waals surface area contributed by atoms with Gasteiger partial charge in [-0.1, -0.05) is 0 Å². The van der Waals surface area contributed by atoms with Gasteiger partial charge in [-0.05, 0) is 18.8 Å². The van der Waals surface area contributed by atoms with Crippen molar-refractivity contribution in [2.24, 2.45) is 5.92 Å². The predicted octanol–water partition coefficient (Wildman–Crippen LogP) is 0.330. The van der Waals surface area contributed by atoms with Crippen molar-refractivity contribution in [2.45, 2.75) is 18.9 Å². The summed E-state index contributed by atoms with van der Waals surface area (Å²) < 4.78 is 5.15. The van der Waals surface area contributed by atoms with Gasteiger partial charge in [0.25, 0.3) is 0 Å². The second-order valence-corrected chi connectivity index (χ2v) is 3.99. The highest BCUT2D eigenvalue weighted by Crippen LogP contribution is 2.32. The fourth-order valence-electron chi connectivity index (χ4n) is 1.68. The minimum Gasteiger partial charge on any atom is -0.378 e. The zero-order valence-corrected chi connectivity index (χ0v) is 8.61. The fraction of sp³-hybridized carbons (Fsp3) is 0.800. The maximum atomic E-state index is 11.7. The molecule has 0 aromatic carbocycles. The maximum Gasteiger partial charge on any atom is 0.318 e. The highest BCUT2D eigenvalue weighted by atomic mass is 16.5. The molecule has 1 saturated carbocycles. The summed E-state index contributed by atoms with van der Waals surface area (Å²) in [5, 5.41) is 11.6. The Hall–Kier alpha value is -1.28. The van der Waals surface area contributed by atoms with Crippen LogP contribution in [0.1, 0.15) is 12.8 Å². The third-order valence-electron chi connectivity index (χ3n) is 2.81. The first-order chi connectivity index (χ1) is 7.31. The van der Waals surface area contributed by atoms with Gasteiger partial charge in [0, 0.05) is 13.1 Å². The lowest BCUT2D eigenvalue weighted by Gasteiger charge is -2.27. The van der Waals surface area contributed by atoms with Gasteiger partial charge in [-0.25, -0.2) is 4.79 Å². The third-order valence-corrected chi connectivity index (χ3v) is 2.81. The van der Waals surface area contributed by atoms with Crippen LogP contribution >= 0.6 is 0 Å². The van der Waals surface area contributed by atoms with Crippen LogP contribution < -0.4 is 5.32 Å².